The summed E-state index contributed by atoms with van der Waals surface area (Å²) in [6, 6.07) is 7.89. The third kappa shape index (κ3) is 3.43. The zero-order valence-corrected chi connectivity index (χ0v) is 17.7. The molecule has 0 spiro atoms. The van der Waals surface area contributed by atoms with Gasteiger partial charge in [0.15, 0.2) is 15.7 Å². The van der Waals surface area contributed by atoms with E-state index < -0.39 is 0 Å². The molecule has 0 radical (unpaired) electrons. The minimum Gasteiger partial charge on any atom is -0.347 e. The topological polar surface area (TPSA) is 80.5 Å². The minimum atomic E-state index is -0.182. The van der Waals surface area contributed by atoms with Crippen molar-refractivity contribution < 1.29 is 4.79 Å². The smallest absolute Gasteiger partial charge is 0.259 e. The van der Waals surface area contributed by atoms with Gasteiger partial charge < -0.3 is 4.57 Å². The molecule has 0 bridgehead atoms. The predicted octanol–water partition coefficient (Wildman–Crippen LogP) is 4.79. The first kappa shape index (κ1) is 19.3. The van der Waals surface area contributed by atoms with Crippen molar-refractivity contribution in [3.05, 3.63) is 59.1 Å². The normalized spacial score (nSPS) is 11.1. The molecule has 3 aromatic heterocycles. The quantitative estimate of drug-likeness (QED) is 0.345. The van der Waals surface area contributed by atoms with Crippen LogP contribution in [0.3, 0.4) is 0 Å². The molecule has 0 aliphatic carbocycles. The Morgan fingerprint density at radius 1 is 1.41 bits per heavy atom. The van der Waals surface area contributed by atoms with Crippen molar-refractivity contribution in [2.75, 3.05) is 5.32 Å². The van der Waals surface area contributed by atoms with E-state index in [4.69, 9.17) is 12.2 Å². The highest BCUT2D eigenvalue weighted by Gasteiger charge is 2.19. The van der Waals surface area contributed by atoms with Gasteiger partial charge in [0.1, 0.15) is 0 Å². The number of rotatable bonds is 6. The molecule has 29 heavy (non-hydrogen) atoms. The fourth-order valence-corrected chi connectivity index (χ4v) is 4.47. The van der Waals surface area contributed by atoms with Gasteiger partial charge in [-0.05, 0) is 32.1 Å². The van der Waals surface area contributed by atoms with Crippen molar-refractivity contribution in [2.45, 2.75) is 26.9 Å². The molecule has 0 saturated carbocycles. The van der Waals surface area contributed by atoms with Gasteiger partial charge >= 0.3 is 0 Å². The van der Waals surface area contributed by atoms with Gasteiger partial charge in [-0.3, -0.25) is 19.8 Å². The fraction of sp³-hybridized carbons (Fsp3) is 0.200. The summed E-state index contributed by atoms with van der Waals surface area (Å²) in [7, 11) is 0. The second-order valence-corrected chi connectivity index (χ2v) is 7.87. The maximum Gasteiger partial charge on any atom is 0.259 e. The van der Waals surface area contributed by atoms with Crippen molar-refractivity contribution in [3.63, 3.8) is 0 Å². The number of hydrogen-bond acceptors (Lipinski definition) is 5. The van der Waals surface area contributed by atoms with Crippen molar-refractivity contribution in [1.29, 1.82) is 0 Å². The van der Waals surface area contributed by atoms with E-state index in [0.29, 0.717) is 27.8 Å². The number of hydrogen-bond donors (Lipinski definition) is 2. The molecule has 1 amide bonds. The average molecular weight is 425 g/mol. The van der Waals surface area contributed by atoms with Crippen LogP contribution in [0, 0.1) is 11.7 Å². The lowest BCUT2D eigenvalue weighted by molar-refractivity contribution is 0.102. The number of benzene rings is 1. The highest BCUT2D eigenvalue weighted by Crippen LogP contribution is 2.32. The first-order valence-corrected chi connectivity index (χ1v) is 10.4. The SMILES string of the molecule is C=CCn1c(-c2sc(NC(=O)c3cn(CC)c4ccccc34)nc2C)n[nH]c1=S. The molecule has 4 aromatic rings. The average Bonchev–Trinajstić information content (AvgIpc) is 3.38. The van der Waals surface area contributed by atoms with E-state index in [0.717, 1.165) is 28.0 Å². The summed E-state index contributed by atoms with van der Waals surface area (Å²) in [6.07, 6.45) is 3.65. The number of aryl methyl sites for hydroxylation is 2. The maximum absolute atomic E-state index is 13.0. The van der Waals surface area contributed by atoms with Gasteiger partial charge in [-0.2, -0.15) is 5.10 Å². The summed E-state index contributed by atoms with van der Waals surface area (Å²) in [5.41, 5.74) is 2.45. The monoisotopic (exact) mass is 424 g/mol. The molecule has 148 valence electrons. The number of para-hydroxylation sites is 1. The Hall–Kier alpha value is -3.04. The van der Waals surface area contributed by atoms with Crippen LogP contribution in [0.5, 0.6) is 0 Å². The molecule has 7 nitrogen and oxygen atoms in total. The molecule has 4 rings (SSSR count). The lowest BCUT2D eigenvalue weighted by atomic mass is 10.1. The molecule has 0 atom stereocenters. The van der Waals surface area contributed by atoms with Crippen LogP contribution in [0.1, 0.15) is 23.0 Å². The summed E-state index contributed by atoms with van der Waals surface area (Å²) in [4.78, 5) is 18.3. The Morgan fingerprint density at radius 3 is 2.97 bits per heavy atom. The van der Waals surface area contributed by atoms with Gasteiger partial charge in [0.2, 0.25) is 0 Å². The Balaban J connectivity index is 1.67. The van der Waals surface area contributed by atoms with E-state index in [1.807, 2.05) is 42.0 Å². The number of anilines is 1. The van der Waals surface area contributed by atoms with Crippen molar-refractivity contribution in [2.24, 2.45) is 0 Å². The molecule has 0 aliphatic rings. The number of carbonyl (C=O) groups is 1. The number of nitrogens with zero attached hydrogens (tertiary/aromatic N) is 4. The van der Waals surface area contributed by atoms with E-state index in [1.54, 1.807) is 6.08 Å². The zero-order chi connectivity index (χ0) is 20.5. The van der Waals surface area contributed by atoms with Gasteiger partial charge in [0, 0.05) is 30.2 Å². The van der Waals surface area contributed by atoms with Crippen LogP contribution in [0.2, 0.25) is 0 Å². The Bertz CT molecular complexity index is 1280. The third-order valence-corrected chi connectivity index (χ3v) is 6.04. The molecule has 9 heteroatoms. The molecule has 3 heterocycles. The second-order valence-electron chi connectivity index (χ2n) is 6.49. The molecule has 0 unspecified atom stereocenters. The number of H-pyrrole nitrogens is 1. The van der Waals surface area contributed by atoms with Crippen molar-refractivity contribution in [1.82, 2.24) is 24.3 Å². The summed E-state index contributed by atoms with van der Waals surface area (Å²) in [5, 5.41) is 11.5. The summed E-state index contributed by atoms with van der Waals surface area (Å²) in [6.45, 7) is 9.04. The molecule has 0 saturated heterocycles. The lowest BCUT2D eigenvalue weighted by Gasteiger charge is -2.01. The van der Waals surface area contributed by atoms with E-state index >= 15 is 0 Å². The van der Waals surface area contributed by atoms with Crippen LogP contribution in [-0.2, 0) is 13.1 Å². The van der Waals surface area contributed by atoms with Gasteiger partial charge in [0.25, 0.3) is 5.91 Å². The molecule has 2 N–H and O–H groups in total. The zero-order valence-electron chi connectivity index (χ0n) is 16.1. The van der Waals surface area contributed by atoms with Gasteiger partial charge in [-0.1, -0.05) is 35.6 Å². The van der Waals surface area contributed by atoms with Crippen LogP contribution in [0.25, 0.3) is 21.6 Å². The second kappa shape index (κ2) is 7.76. The number of allylic oxidation sites excluding steroid dienone is 1. The number of amides is 1. The molecule has 0 aliphatic heterocycles. The first-order chi connectivity index (χ1) is 14.0. The van der Waals surface area contributed by atoms with E-state index in [2.05, 4.69) is 38.6 Å². The van der Waals surface area contributed by atoms with Gasteiger partial charge in [0.05, 0.1) is 16.1 Å². The Labute approximate surface area is 176 Å². The highest BCUT2D eigenvalue weighted by atomic mass is 32.1. The Morgan fingerprint density at radius 2 is 2.21 bits per heavy atom. The maximum atomic E-state index is 13.0. The Kier molecular flexibility index (Phi) is 5.16. The van der Waals surface area contributed by atoms with Gasteiger partial charge in [-0.15, -0.1) is 6.58 Å². The van der Waals surface area contributed by atoms with E-state index in [-0.39, 0.29) is 5.91 Å². The lowest BCUT2D eigenvalue weighted by Crippen LogP contribution is -2.11. The van der Waals surface area contributed by atoms with Gasteiger partial charge in [-0.25, -0.2) is 4.98 Å². The number of nitrogens with one attached hydrogen (secondary N) is 2. The van der Waals surface area contributed by atoms with Crippen molar-refractivity contribution >= 4 is 45.5 Å². The molecule has 1 aromatic carbocycles. The summed E-state index contributed by atoms with van der Waals surface area (Å²) < 4.78 is 4.43. The van der Waals surface area contributed by atoms with Crippen LogP contribution >= 0.6 is 23.6 Å². The van der Waals surface area contributed by atoms with E-state index in [1.165, 1.54) is 11.3 Å². The number of thiazole rings is 1. The van der Waals surface area contributed by atoms with Crippen LogP contribution in [-0.4, -0.2) is 30.2 Å². The fourth-order valence-electron chi connectivity index (χ4n) is 3.30. The van der Waals surface area contributed by atoms with Crippen LogP contribution < -0.4 is 5.32 Å². The van der Waals surface area contributed by atoms with E-state index in [9.17, 15) is 4.79 Å². The number of carbonyl (C=O) groups excluding carboxylic acids is 1. The summed E-state index contributed by atoms with van der Waals surface area (Å²) in [5.74, 6) is 0.506. The number of fused-ring (bicyclic) bond motifs is 1. The van der Waals surface area contributed by atoms with Crippen LogP contribution in [0.4, 0.5) is 5.13 Å². The highest BCUT2D eigenvalue weighted by molar-refractivity contribution is 7.71. The summed E-state index contributed by atoms with van der Waals surface area (Å²) >= 11 is 6.66. The minimum absolute atomic E-state index is 0.182. The molecular formula is C20H20N6OS2. The predicted molar refractivity (Wildman–Crippen MR) is 119 cm³/mol. The number of aromatic nitrogens is 5. The molecule has 0 fully saturated rings. The first-order valence-electron chi connectivity index (χ1n) is 9.16. The largest absolute Gasteiger partial charge is 0.347 e. The van der Waals surface area contributed by atoms with Crippen LogP contribution in [0.15, 0.2) is 43.1 Å². The standard InChI is InChI=1S/C20H20N6OS2/c1-4-10-26-17(23-24-20(26)28)16-12(3)21-19(29-16)22-18(27)14-11-25(5-2)15-9-7-6-8-13(14)15/h4,6-9,11H,1,5,10H2,2-3H3,(H,24,28)(H,21,22,27). The number of aromatic amines is 1. The van der Waals surface area contributed by atoms with Crippen molar-refractivity contribution in [3.8, 4) is 10.7 Å². The third-order valence-electron chi connectivity index (χ3n) is 4.66. The molecular weight excluding hydrogens is 404 g/mol.